The molecule has 1 atom stereocenters. The second kappa shape index (κ2) is 5.49. The van der Waals surface area contributed by atoms with E-state index in [1.165, 1.54) is 6.42 Å². The number of carbonyl (C=O) groups excluding carboxylic acids is 1. The number of aromatic nitrogens is 1. The fourth-order valence-electron chi connectivity index (χ4n) is 2.55. The number of hydrogen-bond acceptors (Lipinski definition) is 3. The van der Waals surface area contributed by atoms with Crippen LogP contribution >= 0.6 is 15.9 Å². The predicted molar refractivity (Wildman–Crippen MR) is 74.9 cm³/mol. The fraction of sp³-hybridized carbons (Fsp3) is 0.571. The monoisotopic (exact) mass is 324 g/mol. The predicted octanol–water partition coefficient (Wildman–Crippen LogP) is 2.62. The highest BCUT2D eigenvalue weighted by molar-refractivity contribution is 9.10. The van der Waals surface area contributed by atoms with Crippen LogP contribution < -0.4 is 4.74 Å². The van der Waals surface area contributed by atoms with E-state index in [0.717, 1.165) is 30.3 Å². The van der Waals surface area contributed by atoms with Crippen molar-refractivity contribution in [3.05, 3.63) is 22.8 Å². The van der Waals surface area contributed by atoms with Gasteiger partial charge in [-0.2, -0.15) is 0 Å². The molecule has 102 valence electrons. The first-order valence-electron chi connectivity index (χ1n) is 6.80. The Hall–Kier alpha value is -1.10. The van der Waals surface area contributed by atoms with Gasteiger partial charge in [0, 0.05) is 25.1 Å². The highest BCUT2D eigenvalue weighted by Gasteiger charge is 2.34. The molecule has 19 heavy (non-hydrogen) atoms. The lowest BCUT2D eigenvalue weighted by Crippen LogP contribution is -2.38. The number of hydrogen-bond donors (Lipinski definition) is 0. The molecule has 0 aromatic carbocycles. The summed E-state index contributed by atoms with van der Waals surface area (Å²) in [7, 11) is 0. The maximum Gasteiger partial charge on any atom is 0.228 e. The van der Waals surface area contributed by atoms with Crippen LogP contribution in [0.1, 0.15) is 25.7 Å². The molecular weight excluding hydrogens is 308 g/mol. The van der Waals surface area contributed by atoms with Crippen LogP contribution in [-0.4, -0.2) is 35.0 Å². The second-order valence-corrected chi connectivity index (χ2v) is 6.09. The molecule has 1 saturated heterocycles. The van der Waals surface area contributed by atoms with Crippen molar-refractivity contribution in [3.8, 4) is 5.88 Å². The lowest BCUT2D eigenvalue weighted by Gasteiger charge is -2.29. The zero-order valence-corrected chi connectivity index (χ0v) is 12.3. The standard InChI is InChI=1S/C14H17BrN2O2/c15-12-5-2-7-16-13(12)19-11-6-8-17(9-11)14(18)10-3-1-4-10/h2,5,7,10-11H,1,3-4,6,8-9H2. The van der Waals surface area contributed by atoms with Gasteiger partial charge in [-0.1, -0.05) is 6.42 Å². The Morgan fingerprint density at radius 1 is 1.42 bits per heavy atom. The van der Waals surface area contributed by atoms with Crippen LogP contribution in [0.2, 0.25) is 0 Å². The number of amides is 1. The lowest BCUT2D eigenvalue weighted by molar-refractivity contribution is -0.137. The van der Waals surface area contributed by atoms with E-state index in [1.807, 2.05) is 17.0 Å². The quantitative estimate of drug-likeness (QED) is 0.858. The van der Waals surface area contributed by atoms with Crippen LogP contribution in [0.15, 0.2) is 22.8 Å². The summed E-state index contributed by atoms with van der Waals surface area (Å²) in [5, 5.41) is 0. The molecule has 1 aliphatic heterocycles. The van der Waals surface area contributed by atoms with E-state index in [4.69, 9.17) is 4.74 Å². The molecule has 0 N–H and O–H groups in total. The molecule has 1 aromatic rings. The minimum Gasteiger partial charge on any atom is -0.472 e. The lowest BCUT2D eigenvalue weighted by atomic mass is 9.84. The molecule has 1 amide bonds. The molecular formula is C14H17BrN2O2. The number of ether oxygens (including phenoxy) is 1. The van der Waals surface area contributed by atoms with Crippen molar-refractivity contribution in [1.82, 2.24) is 9.88 Å². The van der Waals surface area contributed by atoms with Crippen molar-refractivity contribution in [3.63, 3.8) is 0 Å². The summed E-state index contributed by atoms with van der Waals surface area (Å²) in [6.45, 7) is 1.50. The van der Waals surface area contributed by atoms with Crippen LogP contribution in [0.5, 0.6) is 5.88 Å². The van der Waals surface area contributed by atoms with Crippen molar-refractivity contribution in [2.75, 3.05) is 13.1 Å². The largest absolute Gasteiger partial charge is 0.472 e. The Bertz CT molecular complexity index is 476. The Morgan fingerprint density at radius 2 is 2.26 bits per heavy atom. The van der Waals surface area contributed by atoms with Gasteiger partial charge in [0.05, 0.1) is 11.0 Å². The van der Waals surface area contributed by atoms with Gasteiger partial charge in [0.25, 0.3) is 0 Å². The van der Waals surface area contributed by atoms with Crippen molar-refractivity contribution in [2.24, 2.45) is 5.92 Å². The molecule has 2 fully saturated rings. The third-order valence-corrected chi connectivity index (χ3v) is 4.52. The summed E-state index contributed by atoms with van der Waals surface area (Å²) in [6, 6.07) is 3.77. The Kier molecular flexibility index (Phi) is 3.73. The molecule has 0 bridgehead atoms. The number of halogens is 1. The molecule has 1 saturated carbocycles. The summed E-state index contributed by atoms with van der Waals surface area (Å²) < 4.78 is 6.73. The van der Waals surface area contributed by atoms with Crippen molar-refractivity contribution in [2.45, 2.75) is 31.8 Å². The normalized spacial score (nSPS) is 23.2. The maximum absolute atomic E-state index is 12.1. The Balaban J connectivity index is 1.57. The average molecular weight is 325 g/mol. The first-order chi connectivity index (χ1) is 9.24. The van der Waals surface area contributed by atoms with E-state index in [-0.39, 0.29) is 12.0 Å². The molecule has 1 aliphatic carbocycles. The highest BCUT2D eigenvalue weighted by atomic mass is 79.9. The van der Waals surface area contributed by atoms with Crippen molar-refractivity contribution < 1.29 is 9.53 Å². The van der Waals surface area contributed by atoms with Crippen molar-refractivity contribution in [1.29, 1.82) is 0 Å². The van der Waals surface area contributed by atoms with Crippen LogP contribution in [0.4, 0.5) is 0 Å². The van der Waals surface area contributed by atoms with E-state index >= 15 is 0 Å². The fourth-order valence-corrected chi connectivity index (χ4v) is 2.90. The third kappa shape index (κ3) is 2.76. The van der Waals surface area contributed by atoms with Gasteiger partial charge in [0.2, 0.25) is 11.8 Å². The third-order valence-electron chi connectivity index (χ3n) is 3.91. The van der Waals surface area contributed by atoms with Crippen LogP contribution in [0.25, 0.3) is 0 Å². The minimum atomic E-state index is 0.0650. The molecule has 1 aromatic heterocycles. The van der Waals surface area contributed by atoms with Crippen LogP contribution in [0.3, 0.4) is 0 Å². The number of likely N-dealkylation sites (tertiary alicyclic amines) is 1. The Labute approximate surface area is 121 Å². The molecule has 2 aliphatic rings. The minimum absolute atomic E-state index is 0.0650. The molecule has 0 radical (unpaired) electrons. The molecule has 4 nitrogen and oxygen atoms in total. The number of pyridine rings is 1. The maximum atomic E-state index is 12.1. The van der Waals surface area contributed by atoms with E-state index < -0.39 is 0 Å². The van der Waals surface area contributed by atoms with Crippen LogP contribution in [-0.2, 0) is 4.79 Å². The van der Waals surface area contributed by atoms with E-state index in [1.54, 1.807) is 6.20 Å². The van der Waals surface area contributed by atoms with E-state index in [2.05, 4.69) is 20.9 Å². The SMILES string of the molecule is O=C(C1CCC1)N1CCC(Oc2ncccc2Br)C1. The van der Waals surface area contributed by atoms with Crippen LogP contribution in [0, 0.1) is 5.92 Å². The van der Waals surface area contributed by atoms with Gasteiger partial charge in [0.1, 0.15) is 6.10 Å². The van der Waals surface area contributed by atoms with Gasteiger partial charge in [-0.3, -0.25) is 4.79 Å². The first-order valence-corrected chi connectivity index (χ1v) is 7.59. The molecule has 2 heterocycles. The number of rotatable bonds is 3. The van der Waals surface area contributed by atoms with Gasteiger partial charge in [0.15, 0.2) is 0 Å². The molecule has 5 heteroatoms. The van der Waals surface area contributed by atoms with E-state index in [9.17, 15) is 4.79 Å². The summed E-state index contributed by atoms with van der Waals surface area (Å²) in [4.78, 5) is 18.3. The topological polar surface area (TPSA) is 42.4 Å². The first kappa shape index (κ1) is 12.9. The average Bonchev–Trinajstić information content (AvgIpc) is 2.78. The Morgan fingerprint density at radius 3 is 2.95 bits per heavy atom. The molecule has 3 rings (SSSR count). The summed E-state index contributed by atoms with van der Waals surface area (Å²) >= 11 is 3.42. The van der Waals surface area contributed by atoms with Gasteiger partial charge in [-0.25, -0.2) is 4.98 Å². The summed E-state index contributed by atoms with van der Waals surface area (Å²) in [6.07, 6.45) is 5.99. The number of carbonyl (C=O) groups is 1. The molecule has 1 unspecified atom stereocenters. The van der Waals surface area contributed by atoms with Gasteiger partial charge in [-0.05, 0) is 40.9 Å². The second-order valence-electron chi connectivity index (χ2n) is 5.23. The summed E-state index contributed by atoms with van der Waals surface area (Å²) in [5.74, 6) is 1.21. The number of nitrogens with zero attached hydrogens (tertiary/aromatic N) is 2. The van der Waals surface area contributed by atoms with Gasteiger partial charge < -0.3 is 9.64 Å². The van der Waals surface area contributed by atoms with Gasteiger partial charge >= 0.3 is 0 Å². The van der Waals surface area contributed by atoms with Crippen molar-refractivity contribution >= 4 is 21.8 Å². The zero-order chi connectivity index (χ0) is 13.2. The zero-order valence-electron chi connectivity index (χ0n) is 10.7. The smallest absolute Gasteiger partial charge is 0.228 e. The van der Waals surface area contributed by atoms with E-state index in [0.29, 0.717) is 18.3 Å². The summed E-state index contributed by atoms with van der Waals surface area (Å²) in [5.41, 5.74) is 0. The van der Waals surface area contributed by atoms with Gasteiger partial charge in [-0.15, -0.1) is 0 Å². The highest BCUT2D eigenvalue weighted by Crippen LogP contribution is 2.30. The molecule has 0 spiro atoms.